The molecular weight excluding hydrogens is 320 g/mol. The monoisotopic (exact) mass is 344 g/mol. The first kappa shape index (κ1) is 16.2. The zero-order valence-corrected chi connectivity index (χ0v) is 14.9. The number of aromatic nitrogens is 1. The number of nitrogens with zero attached hydrogens (tertiary/aromatic N) is 2. The molecule has 1 aliphatic carbocycles. The van der Waals surface area contributed by atoms with Crippen LogP contribution in [0.3, 0.4) is 0 Å². The van der Waals surface area contributed by atoms with Crippen molar-refractivity contribution in [2.75, 3.05) is 13.2 Å². The lowest BCUT2D eigenvalue weighted by Gasteiger charge is -2.39. The lowest BCUT2D eigenvalue weighted by Crippen LogP contribution is -2.51. The van der Waals surface area contributed by atoms with Gasteiger partial charge in [0.1, 0.15) is 0 Å². The van der Waals surface area contributed by atoms with E-state index in [0.29, 0.717) is 12.6 Å². The summed E-state index contributed by atoms with van der Waals surface area (Å²) in [6, 6.07) is 8.65. The van der Waals surface area contributed by atoms with E-state index in [9.17, 15) is 0 Å². The van der Waals surface area contributed by atoms with Crippen LogP contribution in [0.4, 0.5) is 0 Å². The van der Waals surface area contributed by atoms with Gasteiger partial charge in [0.15, 0.2) is 0 Å². The van der Waals surface area contributed by atoms with Crippen molar-refractivity contribution in [2.24, 2.45) is 0 Å². The molecule has 24 heavy (non-hydrogen) atoms. The Morgan fingerprint density at radius 3 is 3.08 bits per heavy atom. The van der Waals surface area contributed by atoms with E-state index in [1.165, 1.54) is 10.4 Å². The standard InChI is InChI=1S/C19H24N2O2S/c1-14-7-11-24-18(14)12-21-9-10-22-19-16(21)5-6-17(19)23-13-15-4-2-3-8-20-15/h2-4,7-8,11,16-17,19H,5-6,9-10,12-13H2,1H3/t16-,17-,19+/m0/s1. The third-order valence-corrected chi connectivity index (χ3v) is 6.14. The van der Waals surface area contributed by atoms with Crippen LogP contribution in [-0.4, -0.2) is 41.3 Å². The van der Waals surface area contributed by atoms with E-state index in [2.05, 4.69) is 28.3 Å². The van der Waals surface area contributed by atoms with Crippen molar-refractivity contribution in [2.45, 2.75) is 51.2 Å². The van der Waals surface area contributed by atoms with Gasteiger partial charge in [-0.2, -0.15) is 0 Å². The largest absolute Gasteiger partial charge is 0.373 e. The molecule has 5 heteroatoms. The van der Waals surface area contributed by atoms with E-state index in [0.717, 1.165) is 38.2 Å². The Morgan fingerprint density at radius 2 is 2.29 bits per heavy atom. The van der Waals surface area contributed by atoms with Crippen LogP contribution in [0.15, 0.2) is 35.8 Å². The first-order valence-electron chi connectivity index (χ1n) is 8.71. The van der Waals surface area contributed by atoms with Gasteiger partial charge in [-0.3, -0.25) is 9.88 Å². The number of ether oxygens (including phenoxy) is 2. The molecule has 1 saturated heterocycles. The van der Waals surface area contributed by atoms with Gasteiger partial charge in [-0.15, -0.1) is 11.3 Å². The van der Waals surface area contributed by atoms with Crippen LogP contribution in [0, 0.1) is 6.92 Å². The molecule has 1 aliphatic heterocycles. The molecule has 1 saturated carbocycles. The molecule has 0 unspecified atom stereocenters. The van der Waals surface area contributed by atoms with Gasteiger partial charge in [-0.05, 0) is 48.9 Å². The molecule has 2 aromatic heterocycles. The second-order valence-corrected chi connectivity index (χ2v) is 7.65. The molecule has 4 rings (SSSR count). The number of fused-ring (bicyclic) bond motifs is 1. The van der Waals surface area contributed by atoms with Crippen LogP contribution in [-0.2, 0) is 22.6 Å². The van der Waals surface area contributed by atoms with Crippen molar-refractivity contribution < 1.29 is 9.47 Å². The fraction of sp³-hybridized carbons (Fsp3) is 0.526. The van der Waals surface area contributed by atoms with Crippen molar-refractivity contribution in [1.82, 2.24) is 9.88 Å². The summed E-state index contributed by atoms with van der Waals surface area (Å²) in [4.78, 5) is 8.42. The van der Waals surface area contributed by atoms with Crippen molar-refractivity contribution in [1.29, 1.82) is 0 Å². The number of thiophene rings is 1. The highest BCUT2D eigenvalue weighted by Gasteiger charge is 2.43. The van der Waals surface area contributed by atoms with Crippen LogP contribution in [0.5, 0.6) is 0 Å². The van der Waals surface area contributed by atoms with Crippen LogP contribution in [0.1, 0.15) is 29.0 Å². The van der Waals surface area contributed by atoms with Crippen molar-refractivity contribution in [3.63, 3.8) is 0 Å². The second kappa shape index (κ2) is 7.31. The third-order valence-electron chi connectivity index (χ3n) is 5.14. The summed E-state index contributed by atoms with van der Waals surface area (Å²) in [6.45, 7) is 5.64. The summed E-state index contributed by atoms with van der Waals surface area (Å²) in [7, 11) is 0. The predicted molar refractivity (Wildman–Crippen MR) is 95.0 cm³/mol. The first-order chi connectivity index (χ1) is 11.8. The van der Waals surface area contributed by atoms with E-state index in [1.54, 1.807) is 0 Å². The SMILES string of the molecule is Cc1ccsc1CN1CCO[C@H]2[C@@H](OCc3ccccn3)CC[C@@H]21. The van der Waals surface area contributed by atoms with Gasteiger partial charge in [0.25, 0.3) is 0 Å². The molecule has 0 radical (unpaired) electrons. The Labute approximate surface area is 147 Å². The fourth-order valence-electron chi connectivity index (χ4n) is 3.79. The Morgan fingerprint density at radius 1 is 1.33 bits per heavy atom. The highest BCUT2D eigenvalue weighted by Crippen LogP contribution is 2.34. The van der Waals surface area contributed by atoms with Crippen LogP contribution >= 0.6 is 11.3 Å². The van der Waals surface area contributed by atoms with E-state index < -0.39 is 0 Å². The van der Waals surface area contributed by atoms with E-state index in [-0.39, 0.29) is 12.2 Å². The number of pyridine rings is 1. The Hall–Kier alpha value is -1.27. The first-order valence-corrected chi connectivity index (χ1v) is 9.59. The molecule has 128 valence electrons. The number of rotatable bonds is 5. The lowest BCUT2D eigenvalue weighted by atomic mass is 10.1. The number of hydrogen-bond acceptors (Lipinski definition) is 5. The third kappa shape index (κ3) is 3.40. The summed E-state index contributed by atoms with van der Waals surface area (Å²) in [5, 5.41) is 2.19. The molecule has 3 heterocycles. The van der Waals surface area contributed by atoms with Crippen molar-refractivity contribution >= 4 is 11.3 Å². The summed E-state index contributed by atoms with van der Waals surface area (Å²) < 4.78 is 12.3. The minimum Gasteiger partial charge on any atom is -0.373 e. The highest BCUT2D eigenvalue weighted by atomic mass is 32.1. The van der Waals surface area contributed by atoms with E-state index in [4.69, 9.17) is 9.47 Å². The Bertz CT molecular complexity index is 660. The summed E-state index contributed by atoms with van der Waals surface area (Å²) in [6.07, 6.45) is 4.43. The highest BCUT2D eigenvalue weighted by molar-refractivity contribution is 7.10. The molecule has 3 atom stereocenters. The van der Waals surface area contributed by atoms with Crippen LogP contribution in [0.25, 0.3) is 0 Å². The minimum atomic E-state index is 0.184. The lowest BCUT2D eigenvalue weighted by molar-refractivity contribution is -0.118. The van der Waals surface area contributed by atoms with Crippen molar-refractivity contribution in [3.05, 3.63) is 52.0 Å². The second-order valence-electron chi connectivity index (χ2n) is 6.65. The molecule has 0 amide bonds. The molecular formula is C19H24N2O2S. The molecule has 2 fully saturated rings. The molecule has 0 spiro atoms. The van der Waals surface area contributed by atoms with E-state index >= 15 is 0 Å². The maximum absolute atomic E-state index is 6.15. The quantitative estimate of drug-likeness (QED) is 0.833. The fourth-order valence-corrected chi connectivity index (χ4v) is 4.72. The van der Waals surface area contributed by atoms with Crippen LogP contribution < -0.4 is 0 Å². The Balaban J connectivity index is 1.38. The topological polar surface area (TPSA) is 34.6 Å². The van der Waals surface area contributed by atoms with E-state index in [1.807, 2.05) is 35.7 Å². The maximum atomic E-state index is 6.15. The smallest absolute Gasteiger partial charge is 0.0992 e. The molecule has 2 aromatic rings. The maximum Gasteiger partial charge on any atom is 0.0992 e. The normalized spacial score (nSPS) is 27.3. The molecule has 2 aliphatic rings. The van der Waals surface area contributed by atoms with Gasteiger partial charge < -0.3 is 9.47 Å². The molecule has 4 nitrogen and oxygen atoms in total. The zero-order valence-electron chi connectivity index (χ0n) is 14.1. The van der Waals surface area contributed by atoms with Gasteiger partial charge in [0, 0.05) is 30.2 Å². The van der Waals surface area contributed by atoms with Crippen LogP contribution in [0.2, 0.25) is 0 Å². The zero-order chi connectivity index (χ0) is 16.4. The van der Waals surface area contributed by atoms with Gasteiger partial charge in [-0.1, -0.05) is 6.07 Å². The average molecular weight is 344 g/mol. The molecule has 0 N–H and O–H groups in total. The number of hydrogen-bond donors (Lipinski definition) is 0. The van der Waals surface area contributed by atoms with Gasteiger partial charge in [0.05, 0.1) is 31.1 Å². The minimum absolute atomic E-state index is 0.184. The van der Waals surface area contributed by atoms with Gasteiger partial charge >= 0.3 is 0 Å². The summed E-state index contributed by atoms with van der Waals surface area (Å²) in [5.41, 5.74) is 2.40. The molecule has 0 aromatic carbocycles. The number of morpholine rings is 1. The average Bonchev–Trinajstić information content (AvgIpc) is 3.21. The Kier molecular flexibility index (Phi) is 4.94. The summed E-state index contributed by atoms with van der Waals surface area (Å²) >= 11 is 1.86. The van der Waals surface area contributed by atoms with Gasteiger partial charge in [0.2, 0.25) is 0 Å². The van der Waals surface area contributed by atoms with Crippen molar-refractivity contribution in [3.8, 4) is 0 Å². The predicted octanol–water partition coefficient (Wildman–Crippen LogP) is 3.40. The molecule has 0 bridgehead atoms. The number of aryl methyl sites for hydroxylation is 1. The van der Waals surface area contributed by atoms with Gasteiger partial charge in [-0.25, -0.2) is 0 Å². The summed E-state index contributed by atoms with van der Waals surface area (Å²) in [5.74, 6) is 0.